The summed E-state index contributed by atoms with van der Waals surface area (Å²) in [7, 11) is 0. The number of ether oxygens (including phenoxy) is 1. The van der Waals surface area contributed by atoms with Crippen molar-refractivity contribution in [3.8, 4) is 0 Å². The van der Waals surface area contributed by atoms with Gasteiger partial charge in [-0.3, -0.25) is 0 Å². The molecule has 3 fully saturated rings. The van der Waals surface area contributed by atoms with E-state index >= 15 is 0 Å². The number of nitrogens with zero attached hydrogens (tertiary/aromatic N) is 1. The molecule has 6 atom stereocenters. The third kappa shape index (κ3) is 0.895. The van der Waals surface area contributed by atoms with E-state index in [0.29, 0.717) is 23.7 Å². The van der Waals surface area contributed by atoms with Gasteiger partial charge in [0.15, 0.2) is 0 Å². The number of nitroso groups, excluding NO2 is 1. The van der Waals surface area contributed by atoms with Crippen LogP contribution in [0.5, 0.6) is 0 Å². The molecule has 72 valence electrons. The number of rotatable bonds is 1. The summed E-state index contributed by atoms with van der Waals surface area (Å²) in [6.07, 6.45) is 1.10. The van der Waals surface area contributed by atoms with Crippen molar-refractivity contribution in [2.75, 3.05) is 13.2 Å². The van der Waals surface area contributed by atoms with E-state index in [1.54, 1.807) is 0 Å². The second kappa shape index (κ2) is 2.67. The molecular formula is C9H12ClNO2. The second-order valence-electron chi connectivity index (χ2n) is 4.47. The summed E-state index contributed by atoms with van der Waals surface area (Å²) in [5, 5.41) is 3.15. The SMILES string of the molecule is O=NC1C(Cl)C2CC1C1COCC21. The van der Waals surface area contributed by atoms with Crippen LogP contribution in [0.15, 0.2) is 5.18 Å². The molecule has 1 heterocycles. The molecule has 0 spiro atoms. The highest BCUT2D eigenvalue weighted by Gasteiger charge is 2.60. The van der Waals surface area contributed by atoms with Crippen molar-refractivity contribution in [1.29, 1.82) is 0 Å². The maximum atomic E-state index is 10.6. The Balaban J connectivity index is 1.91. The van der Waals surface area contributed by atoms with Crippen LogP contribution in [-0.4, -0.2) is 24.6 Å². The van der Waals surface area contributed by atoms with Gasteiger partial charge in [-0.2, -0.15) is 4.91 Å². The van der Waals surface area contributed by atoms with E-state index < -0.39 is 0 Å². The second-order valence-corrected chi connectivity index (χ2v) is 4.97. The Bertz CT molecular complexity index is 248. The zero-order chi connectivity index (χ0) is 9.00. The molecule has 0 radical (unpaired) electrons. The van der Waals surface area contributed by atoms with Crippen molar-refractivity contribution in [1.82, 2.24) is 0 Å². The lowest BCUT2D eigenvalue weighted by Crippen LogP contribution is -2.37. The lowest BCUT2D eigenvalue weighted by Gasteiger charge is -2.29. The predicted molar refractivity (Wildman–Crippen MR) is 48.6 cm³/mol. The van der Waals surface area contributed by atoms with E-state index in [0.717, 1.165) is 19.6 Å². The quantitative estimate of drug-likeness (QED) is 0.478. The van der Waals surface area contributed by atoms with Gasteiger partial charge < -0.3 is 4.74 Å². The summed E-state index contributed by atoms with van der Waals surface area (Å²) in [4.78, 5) is 10.6. The van der Waals surface area contributed by atoms with Crippen LogP contribution in [0, 0.1) is 28.6 Å². The van der Waals surface area contributed by atoms with Crippen LogP contribution in [0.1, 0.15) is 6.42 Å². The Labute approximate surface area is 81.8 Å². The standard InChI is InChI=1S/C9H12ClNO2/c10-8-4-1-5(9(8)11-12)7-3-13-2-6(4)7/h4-9H,1-3H2. The highest BCUT2D eigenvalue weighted by atomic mass is 35.5. The van der Waals surface area contributed by atoms with Gasteiger partial charge in [0.25, 0.3) is 0 Å². The number of hydrogen-bond acceptors (Lipinski definition) is 3. The molecule has 2 bridgehead atoms. The largest absolute Gasteiger partial charge is 0.381 e. The average Bonchev–Trinajstić information content (AvgIpc) is 2.71. The molecule has 6 unspecified atom stereocenters. The fraction of sp³-hybridized carbons (Fsp3) is 1.00. The number of hydrogen-bond donors (Lipinski definition) is 0. The van der Waals surface area contributed by atoms with Crippen molar-refractivity contribution < 1.29 is 4.74 Å². The summed E-state index contributed by atoms with van der Waals surface area (Å²) in [5.41, 5.74) is 0. The van der Waals surface area contributed by atoms with Crippen LogP contribution in [0.3, 0.4) is 0 Å². The topological polar surface area (TPSA) is 38.7 Å². The summed E-state index contributed by atoms with van der Waals surface area (Å²) >= 11 is 6.19. The van der Waals surface area contributed by atoms with E-state index in [1.807, 2.05) is 0 Å². The number of alkyl halides is 1. The first-order chi connectivity index (χ1) is 6.33. The molecule has 0 N–H and O–H groups in total. The van der Waals surface area contributed by atoms with Crippen molar-refractivity contribution in [2.45, 2.75) is 17.8 Å². The molecule has 3 rings (SSSR count). The van der Waals surface area contributed by atoms with E-state index in [2.05, 4.69) is 5.18 Å². The van der Waals surface area contributed by atoms with Crippen molar-refractivity contribution in [3.05, 3.63) is 4.91 Å². The molecular weight excluding hydrogens is 190 g/mol. The highest BCUT2D eigenvalue weighted by molar-refractivity contribution is 6.21. The van der Waals surface area contributed by atoms with Gasteiger partial charge in [0.2, 0.25) is 0 Å². The fourth-order valence-electron chi connectivity index (χ4n) is 3.52. The van der Waals surface area contributed by atoms with Gasteiger partial charge in [0.05, 0.1) is 18.6 Å². The van der Waals surface area contributed by atoms with Gasteiger partial charge in [-0.05, 0) is 30.1 Å². The third-order valence-electron chi connectivity index (χ3n) is 4.11. The lowest BCUT2D eigenvalue weighted by molar-refractivity contribution is 0.163. The maximum absolute atomic E-state index is 10.6. The van der Waals surface area contributed by atoms with Crippen LogP contribution in [-0.2, 0) is 4.74 Å². The van der Waals surface area contributed by atoms with Crippen LogP contribution in [0.2, 0.25) is 0 Å². The van der Waals surface area contributed by atoms with Crippen molar-refractivity contribution in [2.24, 2.45) is 28.8 Å². The molecule has 2 aliphatic carbocycles. The smallest absolute Gasteiger partial charge is 0.112 e. The Morgan fingerprint density at radius 3 is 2.54 bits per heavy atom. The number of halogens is 1. The Kier molecular flexibility index (Phi) is 1.68. The van der Waals surface area contributed by atoms with Gasteiger partial charge in [-0.15, -0.1) is 11.6 Å². The van der Waals surface area contributed by atoms with E-state index in [9.17, 15) is 4.91 Å². The predicted octanol–water partition coefficient (Wildman–Crippen LogP) is 1.64. The monoisotopic (exact) mass is 201 g/mol. The molecule has 4 heteroatoms. The Hall–Kier alpha value is -0.150. The Morgan fingerprint density at radius 1 is 1.15 bits per heavy atom. The average molecular weight is 202 g/mol. The maximum Gasteiger partial charge on any atom is 0.112 e. The molecule has 2 saturated carbocycles. The van der Waals surface area contributed by atoms with Gasteiger partial charge >= 0.3 is 0 Å². The van der Waals surface area contributed by atoms with Gasteiger partial charge in [-0.25, -0.2) is 0 Å². The van der Waals surface area contributed by atoms with Gasteiger partial charge in [0, 0.05) is 0 Å². The summed E-state index contributed by atoms with van der Waals surface area (Å²) < 4.78 is 5.43. The zero-order valence-electron chi connectivity index (χ0n) is 7.23. The van der Waals surface area contributed by atoms with E-state index in [1.165, 1.54) is 0 Å². The fourth-order valence-corrected chi connectivity index (χ4v) is 4.04. The molecule has 3 aliphatic rings. The van der Waals surface area contributed by atoms with Crippen molar-refractivity contribution in [3.63, 3.8) is 0 Å². The summed E-state index contributed by atoms with van der Waals surface area (Å²) in [6.45, 7) is 1.67. The van der Waals surface area contributed by atoms with Crippen LogP contribution >= 0.6 is 11.6 Å². The van der Waals surface area contributed by atoms with E-state index in [4.69, 9.17) is 16.3 Å². The van der Waals surface area contributed by atoms with Crippen LogP contribution < -0.4 is 0 Å². The zero-order valence-corrected chi connectivity index (χ0v) is 7.98. The molecule has 0 aromatic heterocycles. The van der Waals surface area contributed by atoms with Gasteiger partial charge in [0.1, 0.15) is 6.04 Å². The highest BCUT2D eigenvalue weighted by Crippen LogP contribution is 2.57. The molecule has 0 amide bonds. The molecule has 0 aromatic rings. The minimum atomic E-state index is -0.144. The summed E-state index contributed by atoms with van der Waals surface area (Å²) in [5.74, 6) is 2.09. The first-order valence-electron chi connectivity index (χ1n) is 4.87. The molecule has 1 saturated heterocycles. The minimum Gasteiger partial charge on any atom is -0.381 e. The molecule has 1 aliphatic heterocycles. The Morgan fingerprint density at radius 2 is 1.85 bits per heavy atom. The third-order valence-corrected chi connectivity index (χ3v) is 4.69. The van der Waals surface area contributed by atoms with Crippen LogP contribution in [0.25, 0.3) is 0 Å². The lowest BCUT2D eigenvalue weighted by atomic mass is 9.79. The summed E-state index contributed by atoms with van der Waals surface area (Å²) in [6, 6.07) is -0.144. The molecule has 13 heavy (non-hydrogen) atoms. The van der Waals surface area contributed by atoms with Crippen molar-refractivity contribution >= 4 is 11.6 Å². The molecule has 0 aromatic carbocycles. The molecule has 3 nitrogen and oxygen atoms in total. The minimum absolute atomic E-state index is 0.0227. The van der Waals surface area contributed by atoms with Gasteiger partial charge in [-0.1, -0.05) is 5.18 Å². The first kappa shape index (κ1) is 8.18. The number of fused-ring (bicyclic) bond motifs is 5. The normalized spacial score (nSPS) is 58.2. The van der Waals surface area contributed by atoms with E-state index in [-0.39, 0.29) is 11.4 Å². The van der Waals surface area contributed by atoms with Crippen LogP contribution in [0.4, 0.5) is 0 Å². The first-order valence-corrected chi connectivity index (χ1v) is 5.31.